The molecule has 0 fully saturated rings. The Morgan fingerprint density at radius 2 is 2.12 bits per heavy atom. The van der Waals surface area contributed by atoms with Crippen LogP contribution >= 0.6 is 0 Å². The first-order valence-corrected chi connectivity index (χ1v) is 6.27. The van der Waals surface area contributed by atoms with E-state index in [2.05, 4.69) is 36.5 Å². The van der Waals surface area contributed by atoms with E-state index in [1.165, 1.54) is 17.5 Å². The van der Waals surface area contributed by atoms with Crippen LogP contribution in [0.2, 0.25) is 0 Å². The summed E-state index contributed by atoms with van der Waals surface area (Å²) in [5.74, 6) is 0. The van der Waals surface area contributed by atoms with Crippen molar-refractivity contribution in [2.45, 2.75) is 44.7 Å². The lowest BCUT2D eigenvalue weighted by Gasteiger charge is -2.28. The Hall–Kier alpha value is -0.860. The van der Waals surface area contributed by atoms with Crippen LogP contribution < -0.4 is 5.32 Å². The van der Waals surface area contributed by atoms with Crippen molar-refractivity contribution in [2.75, 3.05) is 6.61 Å². The number of hydrogen-bond donors (Lipinski definition) is 2. The van der Waals surface area contributed by atoms with Crippen LogP contribution in [0.3, 0.4) is 0 Å². The topological polar surface area (TPSA) is 32.3 Å². The molecule has 0 bridgehead atoms. The van der Waals surface area contributed by atoms with Gasteiger partial charge in [0.2, 0.25) is 0 Å². The minimum absolute atomic E-state index is 0.245. The van der Waals surface area contributed by atoms with Gasteiger partial charge in [0.25, 0.3) is 0 Å². The van der Waals surface area contributed by atoms with Gasteiger partial charge in [0, 0.05) is 12.1 Å². The summed E-state index contributed by atoms with van der Waals surface area (Å²) in [7, 11) is 0. The number of hydrogen-bond acceptors (Lipinski definition) is 2. The molecule has 0 heterocycles. The number of nitrogens with one attached hydrogen (secondary N) is 1. The third-order valence-corrected chi connectivity index (χ3v) is 3.53. The van der Waals surface area contributed by atoms with Crippen molar-refractivity contribution < 1.29 is 5.11 Å². The molecule has 0 saturated carbocycles. The van der Waals surface area contributed by atoms with Crippen LogP contribution in [0.25, 0.3) is 0 Å². The molecular formula is C14H21NO. The van der Waals surface area contributed by atoms with Gasteiger partial charge in [-0.2, -0.15) is 0 Å². The maximum atomic E-state index is 9.19. The number of fused-ring (bicyclic) bond motifs is 1. The predicted octanol–water partition coefficient (Wildman–Crippen LogP) is 1.90. The molecule has 2 N–H and O–H groups in total. The number of aliphatic hydroxyl groups excluding tert-OH is 1. The van der Waals surface area contributed by atoms with Gasteiger partial charge in [-0.1, -0.05) is 31.2 Å². The molecule has 1 unspecified atom stereocenters. The smallest absolute Gasteiger partial charge is 0.0584 e. The molecule has 1 aromatic rings. The van der Waals surface area contributed by atoms with Crippen LogP contribution in [0, 0.1) is 0 Å². The highest BCUT2D eigenvalue weighted by Gasteiger charge is 2.19. The van der Waals surface area contributed by atoms with E-state index in [0.29, 0.717) is 6.04 Å². The Morgan fingerprint density at radius 1 is 1.38 bits per heavy atom. The van der Waals surface area contributed by atoms with Crippen molar-refractivity contribution in [3.8, 4) is 0 Å². The second kappa shape index (κ2) is 5.46. The van der Waals surface area contributed by atoms with Gasteiger partial charge >= 0.3 is 0 Å². The fourth-order valence-electron chi connectivity index (χ4n) is 2.47. The van der Waals surface area contributed by atoms with Gasteiger partial charge in [0.1, 0.15) is 0 Å². The zero-order valence-corrected chi connectivity index (χ0v) is 9.95. The number of aliphatic hydroxyl groups is 1. The highest BCUT2D eigenvalue weighted by molar-refractivity contribution is 5.30. The molecule has 2 heteroatoms. The summed E-state index contributed by atoms with van der Waals surface area (Å²) in [5.41, 5.74) is 2.97. The second-order valence-electron chi connectivity index (χ2n) is 4.66. The molecule has 0 radical (unpaired) electrons. The lowest BCUT2D eigenvalue weighted by Crippen LogP contribution is -2.43. The summed E-state index contributed by atoms with van der Waals surface area (Å²) in [5, 5.41) is 12.7. The first-order valence-electron chi connectivity index (χ1n) is 6.27. The quantitative estimate of drug-likeness (QED) is 0.810. The molecule has 88 valence electrons. The van der Waals surface area contributed by atoms with Gasteiger partial charge in [-0.05, 0) is 36.8 Å². The van der Waals surface area contributed by atoms with Crippen molar-refractivity contribution in [3.63, 3.8) is 0 Å². The Labute approximate surface area is 97.7 Å². The molecule has 2 rings (SSSR count). The summed E-state index contributed by atoms with van der Waals surface area (Å²) < 4.78 is 0. The van der Waals surface area contributed by atoms with Gasteiger partial charge in [-0.25, -0.2) is 0 Å². The first kappa shape index (κ1) is 11.6. The third kappa shape index (κ3) is 2.63. The van der Waals surface area contributed by atoms with Gasteiger partial charge in [0.15, 0.2) is 0 Å². The molecular weight excluding hydrogens is 198 g/mol. The van der Waals surface area contributed by atoms with Gasteiger partial charge in [-0.15, -0.1) is 0 Å². The lowest BCUT2D eigenvalue weighted by atomic mass is 9.88. The van der Waals surface area contributed by atoms with E-state index < -0.39 is 0 Å². The molecule has 1 aromatic carbocycles. The minimum Gasteiger partial charge on any atom is -0.395 e. The summed E-state index contributed by atoms with van der Waals surface area (Å²) in [6.07, 6.45) is 4.45. The monoisotopic (exact) mass is 219 g/mol. The molecule has 0 aromatic heterocycles. The van der Waals surface area contributed by atoms with Crippen LogP contribution in [-0.4, -0.2) is 23.8 Å². The highest BCUT2D eigenvalue weighted by Crippen LogP contribution is 2.21. The Morgan fingerprint density at radius 3 is 2.81 bits per heavy atom. The molecule has 2 nitrogen and oxygen atoms in total. The Balaban J connectivity index is 1.97. The molecule has 16 heavy (non-hydrogen) atoms. The van der Waals surface area contributed by atoms with Crippen LogP contribution in [0.4, 0.5) is 0 Å². The zero-order chi connectivity index (χ0) is 11.4. The summed E-state index contributed by atoms with van der Waals surface area (Å²) in [6.45, 7) is 2.36. The second-order valence-corrected chi connectivity index (χ2v) is 4.66. The number of rotatable bonds is 4. The average Bonchev–Trinajstić information content (AvgIpc) is 2.35. The molecule has 0 saturated heterocycles. The fourth-order valence-corrected chi connectivity index (χ4v) is 2.47. The minimum atomic E-state index is 0.245. The first-order chi connectivity index (χ1) is 7.83. The number of aryl methyl sites for hydroxylation is 1. The molecule has 1 aliphatic carbocycles. The van der Waals surface area contributed by atoms with Crippen molar-refractivity contribution in [3.05, 3.63) is 35.4 Å². The van der Waals surface area contributed by atoms with Gasteiger partial charge in [-0.3, -0.25) is 0 Å². The predicted molar refractivity (Wildman–Crippen MR) is 66.6 cm³/mol. The summed E-state index contributed by atoms with van der Waals surface area (Å²) >= 11 is 0. The van der Waals surface area contributed by atoms with Crippen molar-refractivity contribution in [1.82, 2.24) is 5.32 Å². The normalized spacial score (nSPS) is 21.5. The SMILES string of the molecule is CC[C@H](CO)NC1CCc2ccccc2C1. The number of benzene rings is 1. The molecule has 0 spiro atoms. The zero-order valence-electron chi connectivity index (χ0n) is 9.95. The van der Waals surface area contributed by atoms with Crippen LogP contribution in [0.5, 0.6) is 0 Å². The van der Waals surface area contributed by atoms with Gasteiger partial charge in [0.05, 0.1) is 6.61 Å². The van der Waals surface area contributed by atoms with Crippen LogP contribution in [0.15, 0.2) is 24.3 Å². The fraction of sp³-hybridized carbons (Fsp3) is 0.571. The third-order valence-electron chi connectivity index (χ3n) is 3.53. The van der Waals surface area contributed by atoms with E-state index in [1.807, 2.05) is 0 Å². The average molecular weight is 219 g/mol. The van der Waals surface area contributed by atoms with E-state index in [1.54, 1.807) is 0 Å². The molecule has 0 aliphatic heterocycles. The maximum absolute atomic E-state index is 9.19. The van der Waals surface area contributed by atoms with E-state index in [9.17, 15) is 5.11 Å². The van der Waals surface area contributed by atoms with Crippen molar-refractivity contribution in [1.29, 1.82) is 0 Å². The highest BCUT2D eigenvalue weighted by atomic mass is 16.3. The molecule has 1 aliphatic rings. The largest absolute Gasteiger partial charge is 0.395 e. The maximum Gasteiger partial charge on any atom is 0.0584 e. The Kier molecular flexibility index (Phi) is 3.97. The van der Waals surface area contributed by atoms with E-state index in [4.69, 9.17) is 0 Å². The van der Waals surface area contributed by atoms with E-state index >= 15 is 0 Å². The van der Waals surface area contributed by atoms with Crippen LogP contribution in [-0.2, 0) is 12.8 Å². The lowest BCUT2D eigenvalue weighted by molar-refractivity contribution is 0.223. The van der Waals surface area contributed by atoms with Crippen LogP contribution in [0.1, 0.15) is 30.9 Å². The van der Waals surface area contributed by atoms with Gasteiger partial charge < -0.3 is 10.4 Å². The Bertz CT molecular complexity index is 333. The molecule has 0 amide bonds. The van der Waals surface area contributed by atoms with Crippen molar-refractivity contribution >= 4 is 0 Å². The van der Waals surface area contributed by atoms with E-state index in [-0.39, 0.29) is 12.6 Å². The summed E-state index contributed by atoms with van der Waals surface area (Å²) in [6, 6.07) is 9.49. The standard InChI is InChI=1S/C14H21NO/c1-2-13(10-16)15-14-8-7-11-5-3-4-6-12(11)9-14/h3-6,13-16H,2,7-10H2,1H3/t13-,14?/m1/s1. The van der Waals surface area contributed by atoms with Crippen molar-refractivity contribution in [2.24, 2.45) is 0 Å². The summed E-state index contributed by atoms with van der Waals surface area (Å²) in [4.78, 5) is 0. The van der Waals surface area contributed by atoms with E-state index in [0.717, 1.165) is 19.3 Å². The molecule has 2 atom stereocenters.